The summed E-state index contributed by atoms with van der Waals surface area (Å²) in [5.41, 5.74) is 0.500. The standard InChI is InChI=1S/C10H11FO3/c1-6-3-4-8(5-9(6)11)14-7(2)10(12)13/h3-5,7H,1-2H3,(H,12,13)/t7-/m1/s1. The molecule has 14 heavy (non-hydrogen) atoms. The third kappa shape index (κ3) is 2.45. The van der Waals surface area contributed by atoms with Gasteiger partial charge >= 0.3 is 5.97 Å². The number of hydrogen-bond acceptors (Lipinski definition) is 2. The van der Waals surface area contributed by atoms with Crippen LogP contribution in [0.3, 0.4) is 0 Å². The first-order valence-electron chi connectivity index (χ1n) is 4.16. The Bertz CT molecular complexity index is 349. The SMILES string of the molecule is Cc1ccc(O[C@H](C)C(=O)O)cc1F. The van der Waals surface area contributed by atoms with Crippen molar-refractivity contribution in [1.29, 1.82) is 0 Å². The summed E-state index contributed by atoms with van der Waals surface area (Å²) in [5.74, 6) is -1.26. The Morgan fingerprint density at radius 3 is 2.71 bits per heavy atom. The number of carboxylic acids is 1. The van der Waals surface area contributed by atoms with Gasteiger partial charge in [-0.2, -0.15) is 0 Å². The second kappa shape index (κ2) is 4.09. The number of halogens is 1. The van der Waals surface area contributed by atoms with Crippen molar-refractivity contribution in [2.24, 2.45) is 0 Å². The van der Waals surface area contributed by atoms with Gasteiger partial charge in [0.2, 0.25) is 0 Å². The first-order chi connectivity index (χ1) is 6.50. The molecule has 1 rings (SSSR count). The van der Waals surface area contributed by atoms with Crippen LogP contribution in [0.5, 0.6) is 5.75 Å². The second-order valence-corrected chi connectivity index (χ2v) is 3.01. The molecule has 0 saturated carbocycles. The highest BCUT2D eigenvalue weighted by Crippen LogP contribution is 2.17. The van der Waals surface area contributed by atoms with Crippen LogP contribution >= 0.6 is 0 Å². The van der Waals surface area contributed by atoms with Gasteiger partial charge in [0.15, 0.2) is 6.10 Å². The molecular weight excluding hydrogens is 187 g/mol. The fourth-order valence-electron chi connectivity index (χ4n) is 0.901. The Morgan fingerprint density at radius 2 is 2.21 bits per heavy atom. The van der Waals surface area contributed by atoms with Gasteiger partial charge in [-0.3, -0.25) is 0 Å². The second-order valence-electron chi connectivity index (χ2n) is 3.01. The molecule has 0 amide bonds. The molecule has 0 heterocycles. The maximum Gasteiger partial charge on any atom is 0.344 e. The number of aryl methyl sites for hydroxylation is 1. The van der Waals surface area contributed by atoms with Crippen molar-refractivity contribution in [3.8, 4) is 5.75 Å². The van der Waals surface area contributed by atoms with Crippen LogP contribution in [-0.2, 0) is 4.79 Å². The molecule has 0 saturated heterocycles. The third-order valence-electron chi connectivity index (χ3n) is 1.80. The van der Waals surface area contributed by atoms with Crippen LogP contribution in [0, 0.1) is 12.7 Å². The monoisotopic (exact) mass is 198 g/mol. The lowest BCUT2D eigenvalue weighted by atomic mass is 10.2. The Kier molecular flexibility index (Phi) is 3.06. The zero-order valence-electron chi connectivity index (χ0n) is 7.95. The summed E-state index contributed by atoms with van der Waals surface area (Å²) in [6.45, 7) is 3.01. The van der Waals surface area contributed by atoms with Gasteiger partial charge in [0.05, 0.1) is 0 Å². The largest absolute Gasteiger partial charge is 0.479 e. The molecular formula is C10H11FO3. The molecule has 1 aromatic carbocycles. The molecule has 1 aromatic rings. The van der Waals surface area contributed by atoms with Crippen molar-refractivity contribution >= 4 is 5.97 Å². The minimum Gasteiger partial charge on any atom is -0.479 e. The molecule has 1 atom stereocenters. The van der Waals surface area contributed by atoms with Gasteiger partial charge < -0.3 is 9.84 Å². The first-order valence-corrected chi connectivity index (χ1v) is 4.16. The maximum atomic E-state index is 13.0. The van der Waals surface area contributed by atoms with Gasteiger partial charge in [0, 0.05) is 6.07 Å². The topological polar surface area (TPSA) is 46.5 Å². The fourth-order valence-corrected chi connectivity index (χ4v) is 0.901. The quantitative estimate of drug-likeness (QED) is 0.807. The Hall–Kier alpha value is -1.58. The molecule has 0 aliphatic rings. The van der Waals surface area contributed by atoms with Crippen LogP contribution in [0.4, 0.5) is 4.39 Å². The minimum atomic E-state index is -1.08. The van der Waals surface area contributed by atoms with E-state index in [1.807, 2.05) is 0 Å². The van der Waals surface area contributed by atoms with Gasteiger partial charge in [0.1, 0.15) is 11.6 Å². The lowest BCUT2D eigenvalue weighted by Crippen LogP contribution is -2.22. The number of carbonyl (C=O) groups is 1. The average Bonchev–Trinajstić information content (AvgIpc) is 2.11. The summed E-state index contributed by atoms with van der Waals surface area (Å²) in [5, 5.41) is 8.55. The molecule has 0 fully saturated rings. The Balaban J connectivity index is 2.78. The molecule has 0 aromatic heterocycles. The predicted octanol–water partition coefficient (Wildman–Crippen LogP) is 1.99. The molecule has 1 N–H and O–H groups in total. The predicted molar refractivity (Wildman–Crippen MR) is 48.9 cm³/mol. The highest BCUT2D eigenvalue weighted by Gasteiger charge is 2.12. The molecule has 0 bridgehead atoms. The lowest BCUT2D eigenvalue weighted by molar-refractivity contribution is -0.144. The van der Waals surface area contributed by atoms with E-state index in [0.29, 0.717) is 5.56 Å². The molecule has 4 heteroatoms. The van der Waals surface area contributed by atoms with E-state index in [1.165, 1.54) is 19.1 Å². The van der Waals surface area contributed by atoms with Crippen molar-refractivity contribution in [3.05, 3.63) is 29.6 Å². The summed E-state index contributed by atoms with van der Waals surface area (Å²) in [4.78, 5) is 10.4. The highest BCUT2D eigenvalue weighted by molar-refractivity contribution is 5.72. The Morgan fingerprint density at radius 1 is 1.57 bits per heavy atom. The number of carboxylic acid groups (broad SMARTS) is 1. The van der Waals surface area contributed by atoms with E-state index in [1.54, 1.807) is 13.0 Å². The summed E-state index contributed by atoms with van der Waals surface area (Å²) in [6, 6.07) is 4.26. The van der Waals surface area contributed by atoms with E-state index < -0.39 is 17.9 Å². The number of ether oxygens (including phenoxy) is 1. The molecule has 0 radical (unpaired) electrons. The van der Waals surface area contributed by atoms with E-state index in [-0.39, 0.29) is 5.75 Å². The third-order valence-corrected chi connectivity index (χ3v) is 1.80. The van der Waals surface area contributed by atoms with Crippen molar-refractivity contribution < 1.29 is 19.0 Å². The number of hydrogen-bond donors (Lipinski definition) is 1. The Labute approximate surface area is 81.1 Å². The van der Waals surface area contributed by atoms with Crippen LogP contribution in [0.2, 0.25) is 0 Å². The first kappa shape index (κ1) is 10.5. The number of benzene rings is 1. The summed E-state index contributed by atoms with van der Waals surface area (Å²) < 4.78 is 18.0. The highest BCUT2D eigenvalue weighted by atomic mass is 19.1. The average molecular weight is 198 g/mol. The molecule has 76 valence electrons. The smallest absolute Gasteiger partial charge is 0.344 e. The van der Waals surface area contributed by atoms with Gasteiger partial charge in [-0.05, 0) is 25.5 Å². The van der Waals surface area contributed by atoms with E-state index in [0.717, 1.165) is 0 Å². The van der Waals surface area contributed by atoms with Crippen LogP contribution in [-0.4, -0.2) is 17.2 Å². The summed E-state index contributed by atoms with van der Waals surface area (Å²) in [7, 11) is 0. The maximum absolute atomic E-state index is 13.0. The molecule has 3 nitrogen and oxygen atoms in total. The fraction of sp³-hybridized carbons (Fsp3) is 0.300. The molecule has 0 spiro atoms. The van der Waals surface area contributed by atoms with Crippen molar-refractivity contribution in [1.82, 2.24) is 0 Å². The lowest BCUT2D eigenvalue weighted by Gasteiger charge is -2.10. The summed E-state index contributed by atoms with van der Waals surface area (Å²) >= 11 is 0. The zero-order chi connectivity index (χ0) is 10.7. The van der Waals surface area contributed by atoms with Crippen LogP contribution in [0.25, 0.3) is 0 Å². The molecule has 0 aliphatic heterocycles. The molecule has 0 aliphatic carbocycles. The number of rotatable bonds is 3. The molecule has 0 unspecified atom stereocenters. The van der Waals surface area contributed by atoms with E-state index >= 15 is 0 Å². The van der Waals surface area contributed by atoms with Crippen molar-refractivity contribution in [2.45, 2.75) is 20.0 Å². The van der Waals surface area contributed by atoms with E-state index in [4.69, 9.17) is 9.84 Å². The van der Waals surface area contributed by atoms with Crippen LogP contribution < -0.4 is 4.74 Å². The van der Waals surface area contributed by atoms with E-state index in [2.05, 4.69) is 0 Å². The van der Waals surface area contributed by atoms with Gasteiger partial charge in [-0.1, -0.05) is 6.07 Å². The summed E-state index contributed by atoms with van der Waals surface area (Å²) in [6.07, 6.45) is -0.975. The van der Waals surface area contributed by atoms with E-state index in [9.17, 15) is 9.18 Å². The van der Waals surface area contributed by atoms with Gasteiger partial charge in [-0.15, -0.1) is 0 Å². The van der Waals surface area contributed by atoms with Gasteiger partial charge in [-0.25, -0.2) is 9.18 Å². The minimum absolute atomic E-state index is 0.225. The van der Waals surface area contributed by atoms with Crippen LogP contribution in [0.1, 0.15) is 12.5 Å². The van der Waals surface area contributed by atoms with Gasteiger partial charge in [0.25, 0.3) is 0 Å². The normalized spacial score (nSPS) is 12.2. The van der Waals surface area contributed by atoms with Crippen molar-refractivity contribution in [2.75, 3.05) is 0 Å². The number of aliphatic carboxylic acids is 1. The van der Waals surface area contributed by atoms with Crippen molar-refractivity contribution in [3.63, 3.8) is 0 Å². The zero-order valence-corrected chi connectivity index (χ0v) is 7.95. The van der Waals surface area contributed by atoms with Crippen LogP contribution in [0.15, 0.2) is 18.2 Å².